The van der Waals surface area contributed by atoms with Gasteiger partial charge >= 0.3 is 0 Å². The van der Waals surface area contributed by atoms with Crippen LogP contribution >= 0.6 is 11.6 Å². The average molecular weight is 363 g/mol. The van der Waals surface area contributed by atoms with E-state index in [4.69, 9.17) is 17.3 Å². The molecule has 3 N–H and O–H groups in total. The van der Waals surface area contributed by atoms with Gasteiger partial charge in [-0.25, -0.2) is 8.78 Å². The largest absolute Gasteiger partial charge is 0.404 e. The number of nitrogens with one attached hydrogen (secondary N) is 1. The summed E-state index contributed by atoms with van der Waals surface area (Å²) in [4.78, 5) is 11.6. The molecule has 0 saturated heterocycles. The van der Waals surface area contributed by atoms with E-state index in [-0.39, 0.29) is 22.4 Å². The Morgan fingerprint density at radius 1 is 1.24 bits per heavy atom. The van der Waals surface area contributed by atoms with E-state index >= 15 is 0 Å². The molecule has 2 aromatic carbocycles. The van der Waals surface area contributed by atoms with E-state index < -0.39 is 11.6 Å². The van der Waals surface area contributed by atoms with Crippen LogP contribution in [0.1, 0.15) is 12.8 Å². The van der Waals surface area contributed by atoms with E-state index in [0.717, 1.165) is 30.2 Å². The number of carbonyl (C=O) groups is 1. The molecule has 0 unspecified atom stereocenters. The SMILES string of the molecule is N/C=c1/cc(-c2c(F)cc(F)cc2Cl)cc/c1=C/CNC(=O)C1CC1. The van der Waals surface area contributed by atoms with Crippen molar-refractivity contribution in [3.63, 3.8) is 0 Å². The van der Waals surface area contributed by atoms with Crippen molar-refractivity contribution in [2.75, 3.05) is 6.54 Å². The van der Waals surface area contributed by atoms with Crippen molar-refractivity contribution in [2.24, 2.45) is 11.7 Å². The van der Waals surface area contributed by atoms with Gasteiger partial charge in [0.1, 0.15) is 11.6 Å². The maximum Gasteiger partial charge on any atom is 0.223 e. The zero-order valence-corrected chi connectivity index (χ0v) is 14.1. The minimum atomic E-state index is -0.735. The lowest BCUT2D eigenvalue weighted by molar-refractivity contribution is -0.122. The Morgan fingerprint density at radius 3 is 2.64 bits per heavy atom. The van der Waals surface area contributed by atoms with Crippen molar-refractivity contribution in [1.29, 1.82) is 0 Å². The zero-order chi connectivity index (χ0) is 18.0. The van der Waals surface area contributed by atoms with Gasteiger partial charge in [-0.15, -0.1) is 0 Å². The maximum atomic E-state index is 14.1. The van der Waals surface area contributed by atoms with Crippen LogP contribution in [0, 0.1) is 17.6 Å². The van der Waals surface area contributed by atoms with E-state index in [9.17, 15) is 13.6 Å². The minimum Gasteiger partial charge on any atom is -0.404 e. The van der Waals surface area contributed by atoms with E-state index in [1.165, 1.54) is 6.20 Å². The molecule has 1 aliphatic rings. The Morgan fingerprint density at radius 2 is 2.00 bits per heavy atom. The summed E-state index contributed by atoms with van der Waals surface area (Å²) in [5.74, 6) is -1.25. The van der Waals surface area contributed by atoms with Crippen LogP contribution in [0.4, 0.5) is 8.78 Å². The van der Waals surface area contributed by atoms with E-state index in [1.54, 1.807) is 18.2 Å². The number of benzene rings is 2. The Balaban J connectivity index is 1.91. The van der Waals surface area contributed by atoms with Crippen LogP contribution in [0.3, 0.4) is 0 Å². The Hall–Kier alpha value is -2.40. The van der Waals surface area contributed by atoms with Gasteiger partial charge < -0.3 is 11.1 Å². The van der Waals surface area contributed by atoms with Gasteiger partial charge in [0.05, 0.1) is 5.02 Å². The molecule has 2 aromatic rings. The van der Waals surface area contributed by atoms with Crippen LogP contribution in [0.2, 0.25) is 5.02 Å². The van der Waals surface area contributed by atoms with Gasteiger partial charge in [0, 0.05) is 30.3 Å². The van der Waals surface area contributed by atoms with Crippen molar-refractivity contribution < 1.29 is 13.6 Å². The minimum absolute atomic E-state index is 0.00565. The molecule has 3 rings (SSSR count). The lowest BCUT2D eigenvalue weighted by Crippen LogP contribution is -2.30. The highest BCUT2D eigenvalue weighted by Gasteiger charge is 2.28. The van der Waals surface area contributed by atoms with Gasteiger partial charge in [-0.1, -0.05) is 29.8 Å². The topological polar surface area (TPSA) is 55.1 Å². The maximum absolute atomic E-state index is 14.1. The molecule has 0 heterocycles. The molecule has 130 valence electrons. The summed E-state index contributed by atoms with van der Waals surface area (Å²) in [6, 6.07) is 6.98. The first-order chi connectivity index (χ1) is 12.0. The number of carbonyl (C=O) groups excluding carboxylic acids is 1. The first kappa shape index (κ1) is 17.4. The Kier molecular flexibility index (Phi) is 5.04. The lowest BCUT2D eigenvalue weighted by Gasteiger charge is -2.07. The Labute approximate surface area is 148 Å². The van der Waals surface area contributed by atoms with Gasteiger partial charge in [-0.3, -0.25) is 4.79 Å². The van der Waals surface area contributed by atoms with Gasteiger partial charge in [0.2, 0.25) is 5.91 Å². The Bertz CT molecular complexity index is 916. The van der Waals surface area contributed by atoms with Gasteiger partial charge in [-0.05, 0) is 41.0 Å². The summed E-state index contributed by atoms with van der Waals surface area (Å²) < 4.78 is 27.3. The summed E-state index contributed by atoms with van der Waals surface area (Å²) in [5.41, 5.74) is 6.29. The van der Waals surface area contributed by atoms with E-state index in [0.29, 0.717) is 17.3 Å². The predicted octanol–water partition coefficient (Wildman–Crippen LogP) is 2.29. The summed E-state index contributed by atoms with van der Waals surface area (Å²) >= 11 is 5.98. The van der Waals surface area contributed by atoms with Crippen molar-refractivity contribution in [3.05, 3.63) is 57.4 Å². The number of amides is 1. The van der Waals surface area contributed by atoms with Crippen LogP contribution in [0.15, 0.2) is 30.3 Å². The molecule has 0 bridgehead atoms. The molecule has 1 aliphatic carbocycles. The molecule has 25 heavy (non-hydrogen) atoms. The number of nitrogens with two attached hydrogens (primary N) is 1. The number of rotatable bonds is 4. The molecular formula is C19H17ClF2N2O. The third-order valence-electron chi connectivity index (χ3n) is 4.11. The van der Waals surface area contributed by atoms with Crippen LogP contribution < -0.4 is 21.5 Å². The highest BCUT2D eigenvalue weighted by molar-refractivity contribution is 6.33. The third-order valence-corrected chi connectivity index (χ3v) is 4.41. The number of hydrogen-bond acceptors (Lipinski definition) is 2. The third kappa shape index (κ3) is 3.99. The number of hydrogen-bond donors (Lipinski definition) is 2. The van der Waals surface area contributed by atoms with Crippen molar-refractivity contribution in [2.45, 2.75) is 12.8 Å². The molecule has 3 nitrogen and oxygen atoms in total. The zero-order valence-electron chi connectivity index (χ0n) is 13.4. The fourth-order valence-electron chi connectivity index (χ4n) is 2.63. The second kappa shape index (κ2) is 7.23. The summed E-state index contributed by atoms with van der Waals surface area (Å²) in [7, 11) is 0. The quantitative estimate of drug-likeness (QED) is 0.876. The van der Waals surface area contributed by atoms with E-state index in [1.807, 2.05) is 6.08 Å². The fourth-order valence-corrected chi connectivity index (χ4v) is 2.93. The second-order valence-electron chi connectivity index (χ2n) is 5.98. The monoisotopic (exact) mass is 362 g/mol. The molecule has 6 heteroatoms. The van der Waals surface area contributed by atoms with Crippen LogP contribution in [-0.2, 0) is 4.79 Å². The first-order valence-electron chi connectivity index (χ1n) is 7.94. The molecule has 0 aliphatic heterocycles. The highest BCUT2D eigenvalue weighted by Crippen LogP contribution is 2.30. The van der Waals surface area contributed by atoms with E-state index in [2.05, 4.69) is 5.32 Å². The molecule has 0 atom stereocenters. The van der Waals surface area contributed by atoms with Gasteiger partial charge in [0.15, 0.2) is 0 Å². The fraction of sp³-hybridized carbons (Fsp3) is 0.211. The smallest absolute Gasteiger partial charge is 0.223 e. The van der Waals surface area contributed by atoms with Crippen molar-refractivity contribution in [1.82, 2.24) is 5.32 Å². The second-order valence-corrected chi connectivity index (χ2v) is 6.39. The molecule has 1 amide bonds. The molecule has 0 aromatic heterocycles. The standard InChI is InChI=1S/C19H17ClF2N2O/c20-16-8-15(21)9-17(22)18(16)13-4-1-11(14(7-13)10-23)5-6-24-19(25)12-2-3-12/h1,4-5,7-10,12H,2-3,6,23H2,(H,24,25)/b11-5-,14-10-. The van der Waals surface area contributed by atoms with Crippen molar-refractivity contribution in [3.8, 4) is 11.1 Å². The molecule has 1 fully saturated rings. The first-order valence-corrected chi connectivity index (χ1v) is 8.32. The molecule has 1 saturated carbocycles. The van der Waals surface area contributed by atoms with Gasteiger partial charge in [0.25, 0.3) is 0 Å². The van der Waals surface area contributed by atoms with Crippen LogP contribution in [0.25, 0.3) is 23.4 Å². The van der Waals surface area contributed by atoms with Gasteiger partial charge in [-0.2, -0.15) is 0 Å². The van der Waals surface area contributed by atoms with Crippen LogP contribution in [0.5, 0.6) is 0 Å². The van der Waals surface area contributed by atoms with Crippen molar-refractivity contribution >= 4 is 29.8 Å². The molecular weight excluding hydrogens is 346 g/mol. The summed E-state index contributed by atoms with van der Waals surface area (Å²) in [5, 5.41) is 4.31. The average Bonchev–Trinajstić information content (AvgIpc) is 3.39. The summed E-state index contributed by atoms with van der Waals surface area (Å²) in [6.45, 7) is 0.390. The predicted molar refractivity (Wildman–Crippen MR) is 94.9 cm³/mol. The lowest BCUT2D eigenvalue weighted by atomic mass is 10.0. The molecule has 0 radical (unpaired) electrons. The summed E-state index contributed by atoms with van der Waals surface area (Å²) in [6.07, 6.45) is 5.14. The highest BCUT2D eigenvalue weighted by atomic mass is 35.5. The molecule has 0 spiro atoms. The normalized spacial score (nSPS) is 15.5. The number of halogens is 3. The van der Waals surface area contributed by atoms with Crippen LogP contribution in [-0.4, -0.2) is 12.5 Å².